The van der Waals surface area contributed by atoms with E-state index >= 15 is 0 Å². The molecular formula is C15H19N4O3S+. The van der Waals surface area contributed by atoms with Gasteiger partial charge in [0, 0.05) is 0 Å². The van der Waals surface area contributed by atoms with Gasteiger partial charge >= 0.3 is 0 Å². The number of benzene rings is 1. The van der Waals surface area contributed by atoms with Crippen molar-refractivity contribution in [1.82, 2.24) is 9.66 Å². The Morgan fingerprint density at radius 3 is 2.87 bits per heavy atom. The van der Waals surface area contributed by atoms with Crippen LogP contribution in [0.2, 0.25) is 0 Å². The molecule has 1 aromatic carbocycles. The van der Waals surface area contributed by atoms with E-state index in [0.717, 1.165) is 31.0 Å². The van der Waals surface area contributed by atoms with E-state index in [-0.39, 0.29) is 16.2 Å². The molecule has 0 atom stereocenters. The zero-order valence-corrected chi connectivity index (χ0v) is 13.4. The lowest BCUT2D eigenvalue weighted by Gasteiger charge is -2.23. The number of hydrogen-bond donors (Lipinski definition) is 3. The zero-order chi connectivity index (χ0) is 16.2. The summed E-state index contributed by atoms with van der Waals surface area (Å²) >= 11 is 5.17. The monoisotopic (exact) mass is 335 g/mol. The lowest BCUT2D eigenvalue weighted by molar-refractivity contribution is -0.907. The molecule has 23 heavy (non-hydrogen) atoms. The minimum Gasteiger partial charge on any atom is -0.370 e. The van der Waals surface area contributed by atoms with Crippen LogP contribution in [0.1, 0.15) is 6.42 Å². The molecule has 2 heterocycles. The number of hydrogen-bond acceptors (Lipinski definition) is 4. The molecular weight excluding hydrogens is 316 g/mol. The third-order valence-electron chi connectivity index (χ3n) is 3.95. The number of H-pyrrole nitrogens is 1. The zero-order valence-electron chi connectivity index (χ0n) is 12.6. The molecule has 0 saturated carbocycles. The van der Waals surface area contributed by atoms with Crippen molar-refractivity contribution in [3.63, 3.8) is 0 Å². The summed E-state index contributed by atoms with van der Waals surface area (Å²) in [7, 11) is 0. The molecule has 1 fully saturated rings. The van der Waals surface area contributed by atoms with E-state index in [1.807, 2.05) is 6.07 Å². The van der Waals surface area contributed by atoms with Gasteiger partial charge in [-0.2, -0.15) is 4.68 Å². The van der Waals surface area contributed by atoms with Gasteiger partial charge in [0.25, 0.3) is 5.56 Å². The fourth-order valence-electron chi connectivity index (χ4n) is 2.64. The summed E-state index contributed by atoms with van der Waals surface area (Å²) in [5, 5.41) is 0.486. The van der Waals surface area contributed by atoms with Gasteiger partial charge in [-0.05, 0) is 24.4 Å². The maximum Gasteiger partial charge on any atom is 0.281 e. The average molecular weight is 335 g/mol. The number of ether oxygens (including phenoxy) is 1. The van der Waals surface area contributed by atoms with Gasteiger partial charge in [0.15, 0.2) is 4.77 Å². The molecule has 3 rings (SSSR count). The van der Waals surface area contributed by atoms with Gasteiger partial charge in [-0.25, -0.2) is 0 Å². The second-order valence-electron chi connectivity index (χ2n) is 5.51. The van der Waals surface area contributed by atoms with Crippen LogP contribution in [0.5, 0.6) is 0 Å². The van der Waals surface area contributed by atoms with Gasteiger partial charge in [-0.3, -0.25) is 15.0 Å². The molecule has 1 amide bonds. The van der Waals surface area contributed by atoms with Gasteiger partial charge in [0.1, 0.15) is 13.1 Å². The Bertz CT molecular complexity index is 823. The van der Waals surface area contributed by atoms with E-state index in [1.54, 1.807) is 18.2 Å². The highest BCUT2D eigenvalue weighted by atomic mass is 32.1. The Morgan fingerprint density at radius 2 is 2.09 bits per heavy atom. The van der Waals surface area contributed by atoms with Crippen molar-refractivity contribution in [2.24, 2.45) is 0 Å². The second-order valence-corrected chi connectivity index (χ2v) is 5.90. The van der Waals surface area contributed by atoms with Gasteiger partial charge in [0.2, 0.25) is 5.91 Å². The summed E-state index contributed by atoms with van der Waals surface area (Å²) < 4.78 is 6.58. The lowest BCUT2D eigenvalue weighted by Crippen LogP contribution is -3.14. The van der Waals surface area contributed by atoms with Crippen molar-refractivity contribution in [3.8, 4) is 0 Å². The maximum atomic E-state index is 12.4. The van der Waals surface area contributed by atoms with Crippen LogP contribution in [0, 0.1) is 4.77 Å². The molecule has 7 nitrogen and oxygen atoms in total. The van der Waals surface area contributed by atoms with Gasteiger partial charge in [-0.1, -0.05) is 12.1 Å². The van der Waals surface area contributed by atoms with Crippen molar-refractivity contribution in [3.05, 3.63) is 39.4 Å². The van der Waals surface area contributed by atoms with Crippen LogP contribution in [-0.2, 0) is 9.53 Å². The molecule has 0 spiro atoms. The predicted octanol–water partition coefficient (Wildman–Crippen LogP) is -0.566. The molecule has 1 aliphatic rings. The number of aromatic nitrogens is 2. The number of nitrogens with one attached hydrogen (secondary N) is 3. The smallest absolute Gasteiger partial charge is 0.281 e. The molecule has 1 aromatic heterocycles. The van der Waals surface area contributed by atoms with Crippen molar-refractivity contribution in [2.45, 2.75) is 6.42 Å². The summed E-state index contributed by atoms with van der Waals surface area (Å²) in [6.45, 7) is 3.99. The number of carbonyl (C=O) groups excluding carboxylic acids is 1. The summed E-state index contributed by atoms with van der Waals surface area (Å²) in [5.41, 5.74) is 2.93. The molecule has 0 unspecified atom stereocenters. The molecule has 1 saturated heterocycles. The number of aromatic amines is 1. The molecule has 1 aliphatic heterocycles. The first-order valence-electron chi connectivity index (χ1n) is 7.60. The SMILES string of the molecule is O=C(CC[NH+]1CCOCC1)Nn1c(=S)[nH]c2ccccc2c1=O. The Labute approximate surface area is 137 Å². The number of quaternary nitrogens is 1. The normalized spacial score (nSPS) is 15.7. The first-order chi connectivity index (χ1) is 11.1. The first kappa shape index (κ1) is 15.9. The number of morpholine rings is 1. The standard InChI is InChI=1S/C15H18N4O3S/c20-13(5-6-18-7-9-22-10-8-18)17-19-14(21)11-3-1-2-4-12(11)16-15(19)23/h1-4H,5-10H2,(H,16,23)(H,17,20)/p+1. The van der Waals surface area contributed by atoms with E-state index in [4.69, 9.17) is 17.0 Å². The van der Waals surface area contributed by atoms with Crippen molar-refractivity contribution < 1.29 is 14.4 Å². The van der Waals surface area contributed by atoms with Crippen LogP contribution in [-0.4, -0.2) is 48.4 Å². The number of rotatable bonds is 4. The first-order valence-corrected chi connectivity index (χ1v) is 8.01. The number of nitrogens with zero attached hydrogens (tertiary/aromatic N) is 1. The minimum absolute atomic E-state index is 0.181. The number of carbonyl (C=O) groups is 1. The average Bonchev–Trinajstić information content (AvgIpc) is 2.58. The van der Waals surface area contributed by atoms with Crippen molar-refractivity contribution in [1.29, 1.82) is 0 Å². The Hall–Kier alpha value is -2.03. The van der Waals surface area contributed by atoms with E-state index < -0.39 is 0 Å². The summed E-state index contributed by atoms with van der Waals surface area (Å²) in [6, 6.07) is 7.07. The highest BCUT2D eigenvalue weighted by Crippen LogP contribution is 2.05. The third-order valence-corrected chi connectivity index (χ3v) is 4.23. The summed E-state index contributed by atoms with van der Waals surface area (Å²) in [4.78, 5) is 28.8. The Kier molecular flexibility index (Phi) is 4.85. The van der Waals surface area contributed by atoms with Crippen LogP contribution in [0.25, 0.3) is 10.9 Å². The topological polar surface area (TPSA) is 80.6 Å². The molecule has 0 aliphatic carbocycles. The largest absolute Gasteiger partial charge is 0.370 e. The van der Waals surface area contributed by atoms with Crippen molar-refractivity contribution in [2.75, 3.05) is 38.3 Å². The molecule has 122 valence electrons. The quantitative estimate of drug-likeness (QED) is 0.654. The van der Waals surface area contributed by atoms with Crippen LogP contribution < -0.4 is 15.9 Å². The van der Waals surface area contributed by atoms with E-state index in [1.165, 1.54) is 4.90 Å². The third kappa shape index (κ3) is 3.66. The highest BCUT2D eigenvalue weighted by molar-refractivity contribution is 7.71. The number of para-hydroxylation sites is 1. The molecule has 2 aromatic rings. The van der Waals surface area contributed by atoms with Crippen molar-refractivity contribution >= 4 is 29.0 Å². The van der Waals surface area contributed by atoms with Crippen LogP contribution >= 0.6 is 12.2 Å². The van der Waals surface area contributed by atoms with Gasteiger partial charge in [-0.15, -0.1) is 0 Å². The van der Waals surface area contributed by atoms with E-state index in [9.17, 15) is 9.59 Å². The highest BCUT2D eigenvalue weighted by Gasteiger charge is 2.16. The molecule has 8 heteroatoms. The Balaban J connectivity index is 1.72. The van der Waals surface area contributed by atoms with Crippen LogP contribution in [0.15, 0.2) is 29.1 Å². The Morgan fingerprint density at radius 1 is 1.35 bits per heavy atom. The number of fused-ring (bicyclic) bond motifs is 1. The summed E-state index contributed by atoms with van der Waals surface area (Å²) in [5.74, 6) is -0.221. The van der Waals surface area contributed by atoms with E-state index in [0.29, 0.717) is 23.9 Å². The molecule has 0 radical (unpaired) electrons. The fraction of sp³-hybridized carbons (Fsp3) is 0.400. The second kappa shape index (κ2) is 7.03. The number of amides is 1. The van der Waals surface area contributed by atoms with Crippen LogP contribution in [0.4, 0.5) is 0 Å². The lowest BCUT2D eigenvalue weighted by atomic mass is 10.2. The molecule has 3 N–H and O–H groups in total. The summed E-state index contributed by atoms with van der Waals surface area (Å²) in [6.07, 6.45) is 0.337. The van der Waals surface area contributed by atoms with Gasteiger partial charge < -0.3 is 14.6 Å². The fourth-order valence-corrected chi connectivity index (χ4v) is 2.88. The predicted molar refractivity (Wildman–Crippen MR) is 88.8 cm³/mol. The van der Waals surface area contributed by atoms with Crippen LogP contribution in [0.3, 0.4) is 0 Å². The maximum absolute atomic E-state index is 12.4. The van der Waals surface area contributed by atoms with Gasteiger partial charge in [0.05, 0.1) is 37.1 Å². The molecule has 0 bridgehead atoms. The minimum atomic E-state index is -0.323. The van der Waals surface area contributed by atoms with E-state index in [2.05, 4.69) is 10.4 Å².